The first kappa shape index (κ1) is 14.2. The molecule has 0 aromatic carbocycles. The second-order valence-corrected chi connectivity index (χ2v) is 4.86. The highest BCUT2D eigenvalue weighted by molar-refractivity contribution is 7.18. The van der Waals surface area contributed by atoms with Crippen molar-refractivity contribution in [1.29, 1.82) is 0 Å². The number of aromatic nitrogens is 1. The van der Waals surface area contributed by atoms with Crippen LogP contribution in [-0.4, -0.2) is 44.9 Å². The molecular weight excluding hydrogens is 264 g/mol. The molecule has 0 fully saturated rings. The maximum absolute atomic E-state index is 11.4. The van der Waals surface area contributed by atoms with E-state index in [-0.39, 0.29) is 11.2 Å². The molecule has 0 bridgehead atoms. The Hall–Kier alpha value is -0.850. The van der Waals surface area contributed by atoms with E-state index in [1.165, 1.54) is 18.4 Å². The molecule has 0 saturated carbocycles. The Morgan fingerprint density at radius 1 is 1.59 bits per heavy atom. The first-order valence-corrected chi connectivity index (χ1v) is 6.17. The van der Waals surface area contributed by atoms with Gasteiger partial charge in [-0.2, -0.15) is 0 Å². The van der Waals surface area contributed by atoms with Crippen LogP contribution in [0, 0.1) is 0 Å². The van der Waals surface area contributed by atoms with Crippen molar-refractivity contribution >= 4 is 34.0 Å². The number of esters is 1. The molecule has 0 saturated heterocycles. The molecule has 1 aromatic heterocycles. The molecule has 1 atom stereocenters. The lowest BCUT2D eigenvalue weighted by molar-refractivity contribution is 0.0606. The number of ether oxygens (including phenoxy) is 2. The first-order valence-electron chi connectivity index (χ1n) is 4.97. The van der Waals surface area contributed by atoms with E-state index in [1.54, 1.807) is 7.11 Å². The molecule has 0 amide bonds. The zero-order valence-electron chi connectivity index (χ0n) is 10.2. The number of likely N-dealkylation sites (N-methyl/N-ethyl adjacent to an activating group) is 1. The van der Waals surface area contributed by atoms with Crippen molar-refractivity contribution < 1.29 is 14.3 Å². The number of anilines is 1. The first-order chi connectivity index (χ1) is 8.01. The third kappa shape index (κ3) is 3.31. The zero-order valence-corrected chi connectivity index (χ0v) is 11.8. The molecule has 0 aliphatic rings. The summed E-state index contributed by atoms with van der Waals surface area (Å²) in [5, 5.41) is 0.841. The van der Waals surface area contributed by atoms with Crippen LogP contribution >= 0.6 is 22.9 Å². The van der Waals surface area contributed by atoms with Crippen LogP contribution in [0.5, 0.6) is 0 Å². The SMILES string of the molecule is COCC(C)N(C)c1nc(Cl)c(C(=O)OC)s1. The molecular formula is C10H15ClN2O3S. The van der Waals surface area contributed by atoms with E-state index in [0.29, 0.717) is 16.6 Å². The Kier molecular flexibility index (Phi) is 5.17. The largest absolute Gasteiger partial charge is 0.465 e. The monoisotopic (exact) mass is 278 g/mol. The van der Waals surface area contributed by atoms with Crippen molar-refractivity contribution in [2.45, 2.75) is 13.0 Å². The third-order valence-corrected chi connectivity index (χ3v) is 3.83. The molecule has 0 aliphatic carbocycles. The Balaban J connectivity index is 2.89. The van der Waals surface area contributed by atoms with Gasteiger partial charge in [-0.3, -0.25) is 0 Å². The van der Waals surface area contributed by atoms with Crippen LogP contribution in [0.2, 0.25) is 5.15 Å². The summed E-state index contributed by atoms with van der Waals surface area (Å²) < 4.78 is 9.68. The topological polar surface area (TPSA) is 51.7 Å². The summed E-state index contributed by atoms with van der Waals surface area (Å²) in [5.41, 5.74) is 0. The van der Waals surface area contributed by atoms with Crippen LogP contribution in [0.3, 0.4) is 0 Å². The number of carbonyl (C=O) groups is 1. The lowest BCUT2D eigenvalue weighted by atomic mass is 10.3. The van der Waals surface area contributed by atoms with Crippen molar-refractivity contribution in [3.63, 3.8) is 0 Å². The molecule has 1 unspecified atom stereocenters. The average molecular weight is 279 g/mol. The lowest BCUT2D eigenvalue weighted by Crippen LogP contribution is -2.32. The van der Waals surface area contributed by atoms with Gasteiger partial charge in [0.1, 0.15) is 0 Å². The molecule has 1 heterocycles. The molecule has 0 aliphatic heterocycles. The van der Waals surface area contributed by atoms with Crippen LogP contribution in [0.25, 0.3) is 0 Å². The molecule has 0 N–H and O–H groups in total. The number of methoxy groups -OCH3 is 2. The Morgan fingerprint density at radius 3 is 2.76 bits per heavy atom. The fourth-order valence-electron chi connectivity index (χ4n) is 1.20. The van der Waals surface area contributed by atoms with E-state index in [4.69, 9.17) is 16.3 Å². The predicted octanol–water partition coefficient (Wildman–Crippen LogP) is 2.05. The van der Waals surface area contributed by atoms with Crippen molar-refractivity contribution in [2.24, 2.45) is 0 Å². The average Bonchev–Trinajstić information content (AvgIpc) is 2.69. The second-order valence-electron chi connectivity index (χ2n) is 3.52. The predicted molar refractivity (Wildman–Crippen MR) is 68.2 cm³/mol. The second kappa shape index (κ2) is 6.18. The molecule has 96 valence electrons. The quantitative estimate of drug-likeness (QED) is 0.772. The van der Waals surface area contributed by atoms with Gasteiger partial charge >= 0.3 is 5.97 Å². The number of rotatable bonds is 5. The van der Waals surface area contributed by atoms with Crippen molar-refractivity contribution in [1.82, 2.24) is 4.98 Å². The van der Waals surface area contributed by atoms with E-state index in [2.05, 4.69) is 9.72 Å². The summed E-state index contributed by atoms with van der Waals surface area (Å²) in [4.78, 5) is 17.8. The Labute approximate surface area is 109 Å². The van der Waals surface area contributed by atoms with E-state index in [0.717, 1.165) is 0 Å². The summed E-state index contributed by atoms with van der Waals surface area (Å²) in [6.45, 7) is 2.57. The van der Waals surface area contributed by atoms with Gasteiger partial charge in [0.15, 0.2) is 15.2 Å². The minimum atomic E-state index is -0.466. The normalized spacial score (nSPS) is 12.3. The minimum Gasteiger partial charge on any atom is -0.465 e. The summed E-state index contributed by atoms with van der Waals surface area (Å²) >= 11 is 7.09. The van der Waals surface area contributed by atoms with Crippen LogP contribution in [0.4, 0.5) is 5.13 Å². The van der Waals surface area contributed by atoms with Gasteiger partial charge in [-0.25, -0.2) is 9.78 Å². The molecule has 1 aromatic rings. The number of thiazole rings is 1. The van der Waals surface area contributed by atoms with Gasteiger partial charge in [0.2, 0.25) is 0 Å². The third-order valence-electron chi connectivity index (χ3n) is 2.32. The van der Waals surface area contributed by atoms with Crippen LogP contribution in [0.15, 0.2) is 0 Å². The van der Waals surface area contributed by atoms with Gasteiger partial charge in [0.25, 0.3) is 0 Å². The molecule has 0 spiro atoms. The van der Waals surface area contributed by atoms with Crippen LogP contribution < -0.4 is 4.90 Å². The van der Waals surface area contributed by atoms with Gasteiger partial charge in [-0.05, 0) is 6.92 Å². The standard InChI is InChI=1S/C10H15ClN2O3S/c1-6(5-15-3)13(2)10-12-8(11)7(17-10)9(14)16-4/h6H,5H2,1-4H3. The smallest absolute Gasteiger partial charge is 0.351 e. The highest BCUT2D eigenvalue weighted by Gasteiger charge is 2.21. The van der Waals surface area contributed by atoms with Crippen molar-refractivity contribution in [3.05, 3.63) is 10.0 Å². The Bertz CT molecular complexity index is 397. The van der Waals surface area contributed by atoms with Gasteiger partial charge in [0.05, 0.1) is 19.8 Å². The minimum absolute atomic E-state index is 0.146. The van der Waals surface area contributed by atoms with Crippen molar-refractivity contribution in [3.8, 4) is 0 Å². The van der Waals surface area contributed by atoms with Crippen molar-refractivity contribution in [2.75, 3.05) is 32.8 Å². The summed E-state index contributed by atoms with van der Waals surface area (Å²) in [6, 6.07) is 0.146. The number of hydrogen-bond acceptors (Lipinski definition) is 6. The number of halogens is 1. The maximum Gasteiger partial charge on any atom is 0.351 e. The fraction of sp³-hybridized carbons (Fsp3) is 0.600. The molecule has 1 rings (SSSR count). The Morgan fingerprint density at radius 2 is 2.24 bits per heavy atom. The van der Waals surface area contributed by atoms with Crippen LogP contribution in [0.1, 0.15) is 16.6 Å². The van der Waals surface area contributed by atoms with Gasteiger partial charge < -0.3 is 14.4 Å². The van der Waals surface area contributed by atoms with E-state index >= 15 is 0 Å². The summed E-state index contributed by atoms with van der Waals surface area (Å²) in [7, 11) is 4.83. The molecule has 17 heavy (non-hydrogen) atoms. The van der Waals surface area contributed by atoms with E-state index < -0.39 is 5.97 Å². The fourth-order valence-corrected chi connectivity index (χ4v) is 2.46. The molecule has 7 heteroatoms. The highest BCUT2D eigenvalue weighted by atomic mass is 35.5. The number of hydrogen-bond donors (Lipinski definition) is 0. The van der Waals surface area contributed by atoms with Gasteiger partial charge in [-0.15, -0.1) is 0 Å². The maximum atomic E-state index is 11.4. The highest BCUT2D eigenvalue weighted by Crippen LogP contribution is 2.30. The number of carbonyl (C=O) groups excluding carboxylic acids is 1. The number of nitrogens with zero attached hydrogens (tertiary/aromatic N) is 2. The lowest BCUT2D eigenvalue weighted by Gasteiger charge is -2.23. The van der Waals surface area contributed by atoms with Crippen LogP contribution in [-0.2, 0) is 9.47 Å². The molecule has 0 radical (unpaired) electrons. The summed E-state index contributed by atoms with van der Waals surface area (Å²) in [6.07, 6.45) is 0. The summed E-state index contributed by atoms with van der Waals surface area (Å²) in [5.74, 6) is -0.466. The van der Waals surface area contributed by atoms with E-state index in [1.807, 2.05) is 18.9 Å². The van der Waals surface area contributed by atoms with Gasteiger partial charge in [0, 0.05) is 14.2 Å². The van der Waals surface area contributed by atoms with E-state index in [9.17, 15) is 4.79 Å². The van der Waals surface area contributed by atoms with Gasteiger partial charge in [-0.1, -0.05) is 22.9 Å². The molecule has 5 nitrogen and oxygen atoms in total. The zero-order chi connectivity index (χ0) is 13.0.